The number of tetrazole rings is 1. The first-order valence-electron chi connectivity index (χ1n) is 6.92. The Morgan fingerprint density at radius 1 is 1.30 bits per heavy atom. The van der Waals surface area contributed by atoms with Gasteiger partial charge in [-0.2, -0.15) is 4.68 Å². The molecule has 0 fully saturated rings. The Labute approximate surface area is 135 Å². The van der Waals surface area contributed by atoms with Gasteiger partial charge in [-0.25, -0.2) is 0 Å². The van der Waals surface area contributed by atoms with E-state index in [4.69, 9.17) is 0 Å². The molecule has 7 nitrogen and oxygen atoms in total. The Morgan fingerprint density at radius 2 is 2.22 bits per heavy atom. The summed E-state index contributed by atoms with van der Waals surface area (Å²) in [4.78, 5) is 16.4. The Kier molecular flexibility index (Phi) is 3.16. The Hall–Kier alpha value is -3.00. The number of nitrogens with zero attached hydrogens (tertiary/aromatic N) is 4. The fraction of sp³-hybridized carbons (Fsp3) is 0.0667. The maximum absolute atomic E-state index is 12.5. The minimum atomic E-state index is -0.183. The van der Waals surface area contributed by atoms with Crippen LogP contribution in [0.2, 0.25) is 0 Å². The second-order valence-electron chi connectivity index (χ2n) is 5.10. The highest BCUT2D eigenvalue weighted by Gasteiger charge is 2.16. The average Bonchev–Trinajstić information content (AvgIpc) is 3.25. The van der Waals surface area contributed by atoms with Crippen molar-refractivity contribution >= 4 is 33.8 Å². The van der Waals surface area contributed by atoms with Crippen LogP contribution in [-0.4, -0.2) is 31.1 Å². The second-order valence-corrected chi connectivity index (χ2v) is 6.01. The number of carbonyl (C=O) groups excluding carboxylic acids is 1. The van der Waals surface area contributed by atoms with Crippen molar-refractivity contribution < 1.29 is 4.79 Å². The molecule has 0 saturated carbocycles. The van der Waals surface area contributed by atoms with Crippen LogP contribution in [0.3, 0.4) is 0 Å². The lowest BCUT2D eigenvalue weighted by atomic mass is 10.2. The van der Waals surface area contributed by atoms with Gasteiger partial charge in [0, 0.05) is 22.3 Å². The summed E-state index contributed by atoms with van der Waals surface area (Å²) in [5.74, 6) is -0.183. The van der Waals surface area contributed by atoms with E-state index in [0.717, 1.165) is 22.3 Å². The monoisotopic (exact) mass is 324 g/mol. The molecule has 0 aliphatic rings. The highest BCUT2D eigenvalue weighted by Crippen LogP contribution is 2.24. The standard InChI is InChI=1S/C15H12N6OS/c1-9-6-10-7-11(2-3-12(10)17-9)18-15(22)14-13(4-5-23-14)21-8-16-19-20-21/h2-8,17H,1H3,(H,18,22). The first kappa shape index (κ1) is 13.6. The normalized spacial score (nSPS) is 11.0. The van der Waals surface area contributed by atoms with Gasteiger partial charge in [0.05, 0.1) is 5.69 Å². The molecular formula is C15H12N6OS. The minimum Gasteiger partial charge on any atom is -0.359 e. The molecule has 8 heteroatoms. The number of nitrogens with one attached hydrogen (secondary N) is 2. The molecule has 4 rings (SSSR count). The quantitative estimate of drug-likeness (QED) is 0.606. The van der Waals surface area contributed by atoms with E-state index < -0.39 is 0 Å². The molecule has 0 atom stereocenters. The number of carbonyl (C=O) groups is 1. The van der Waals surface area contributed by atoms with Gasteiger partial charge in [0.25, 0.3) is 5.91 Å². The predicted molar refractivity (Wildman–Crippen MR) is 88.0 cm³/mol. The van der Waals surface area contributed by atoms with Crippen LogP contribution in [0.25, 0.3) is 16.6 Å². The minimum absolute atomic E-state index is 0.183. The van der Waals surface area contributed by atoms with E-state index >= 15 is 0 Å². The number of aromatic nitrogens is 5. The van der Waals surface area contributed by atoms with Crippen molar-refractivity contribution in [3.05, 3.63) is 52.6 Å². The molecular weight excluding hydrogens is 312 g/mol. The van der Waals surface area contributed by atoms with Crippen LogP contribution in [0.15, 0.2) is 42.0 Å². The smallest absolute Gasteiger partial charge is 0.267 e. The molecule has 1 amide bonds. The highest BCUT2D eigenvalue weighted by atomic mass is 32.1. The summed E-state index contributed by atoms with van der Waals surface area (Å²) >= 11 is 1.35. The third kappa shape index (κ3) is 2.49. The summed E-state index contributed by atoms with van der Waals surface area (Å²) in [5.41, 5.74) is 3.54. The molecule has 3 heterocycles. The fourth-order valence-corrected chi connectivity index (χ4v) is 3.24. The zero-order chi connectivity index (χ0) is 15.8. The Balaban J connectivity index is 1.63. The van der Waals surface area contributed by atoms with E-state index in [1.165, 1.54) is 22.3 Å². The van der Waals surface area contributed by atoms with Gasteiger partial charge in [-0.05, 0) is 53.1 Å². The molecule has 0 saturated heterocycles. The fourth-order valence-electron chi connectivity index (χ4n) is 2.47. The number of thiophene rings is 1. The summed E-state index contributed by atoms with van der Waals surface area (Å²) in [7, 11) is 0. The lowest BCUT2D eigenvalue weighted by molar-refractivity contribution is 0.103. The van der Waals surface area contributed by atoms with Crippen LogP contribution in [0.5, 0.6) is 0 Å². The molecule has 0 bridgehead atoms. The Bertz CT molecular complexity index is 985. The largest absolute Gasteiger partial charge is 0.359 e. The van der Waals surface area contributed by atoms with Crippen LogP contribution in [0, 0.1) is 6.92 Å². The summed E-state index contributed by atoms with van der Waals surface area (Å²) in [6, 6.07) is 9.63. The third-order valence-electron chi connectivity index (χ3n) is 3.46. The molecule has 114 valence electrons. The van der Waals surface area contributed by atoms with Gasteiger partial charge >= 0.3 is 0 Å². The van der Waals surface area contributed by atoms with Crippen LogP contribution < -0.4 is 5.32 Å². The van der Waals surface area contributed by atoms with Crippen molar-refractivity contribution in [2.45, 2.75) is 6.92 Å². The molecule has 23 heavy (non-hydrogen) atoms. The SMILES string of the molecule is Cc1cc2cc(NC(=O)c3sccc3-n3cnnn3)ccc2[nH]1. The zero-order valence-electron chi connectivity index (χ0n) is 12.1. The van der Waals surface area contributed by atoms with Gasteiger partial charge in [-0.3, -0.25) is 4.79 Å². The number of amides is 1. The molecule has 2 N–H and O–H groups in total. The molecule has 1 aromatic carbocycles. The topological polar surface area (TPSA) is 88.5 Å². The first-order chi connectivity index (χ1) is 11.2. The number of aryl methyl sites for hydroxylation is 1. The van der Waals surface area contributed by atoms with E-state index in [1.807, 2.05) is 42.6 Å². The lowest BCUT2D eigenvalue weighted by Crippen LogP contribution is -2.13. The van der Waals surface area contributed by atoms with Gasteiger partial charge in [0.2, 0.25) is 0 Å². The number of hydrogen-bond donors (Lipinski definition) is 2. The van der Waals surface area contributed by atoms with Crippen molar-refractivity contribution in [3.63, 3.8) is 0 Å². The van der Waals surface area contributed by atoms with Crippen LogP contribution in [0.4, 0.5) is 5.69 Å². The second kappa shape index (κ2) is 5.33. The van der Waals surface area contributed by atoms with Crippen LogP contribution >= 0.6 is 11.3 Å². The van der Waals surface area contributed by atoms with Crippen molar-refractivity contribution in [3.8, 4) is 5.69 Å². The maximum Gasteiger partial charge on any atom is 0.267 e. The molecule has 3 aromatic heterocycles. The van der Waals surface area contributed by atoms with E-state index in [0.29, 0.717) is 10.6 Å². The van der Waals surface area contributed by atoms with E-state index in [2.05, 4.69) is 25.8 Å². The van der Waals surface area contributed by atoms with E-state index in [9.17, 15) is 4.79 Å². The zero-order valence-corrected chi connectivity index (χ0v) is 13.0. The van der Waals surface area contributed by atoms with Gasteiger partial charge in [0.1, 0.15) is 11.2 Å². The van der Waals surface area contributed by atoms with Gasteiger partial charge < -0.3 is 10.3 Å². The van der Waals surface area contributed by atoms with Crippen molar-refractivity contribution in [1.29, 1.82) is 0 Å². The molecule has 4 aromatic rings. The van der Waals surface area contributed by atoms with Gasteiger partial charge in [0.15, 0.2) is 0 Å². The van der Waals surface area contributed by atoms with Crippen LogP contribution in [-0.2, 0) is 0 Å². The number of H-pyrrole nitrogens is 1. The number of aromatic amines is 1. The van der Waals surface area contributed by atoms with E-state index in [-0.39, 0.29) is 5.91 Å². The number of hydrogen-bond acceptors (Lipinski definition) is 5. The Morgan fingerprint density at radius 3 is 3.04 bits per heavy atom. The van der Waals surface area contributed by atoms with E-state index in [1.54, 1.807) is 0 Å². The predicted octanol–water partition coefficient (Wildman–Crippen LogP) is 2.77. The summed E-state index contributed by atoms with van der Waals surface area (Å²) in [6.07, 6.45) is 1.47. The molecule has 0 radical (unpaired) electrons. The molecule has 0 aliphatic carbocycles. The average molecular weight is 324 g/mol. The summed E-state index contributed by atoms with van der Waals surface area (Å²) in [6.45, 7) is 2.00. The summed E-state index contributed by atoms with van der Waals surface area (Å²) in [5, 5.41) is 16.9. The number of anilines is 1. The molecule has 0 aliphatic heterocycles. The number of rotatable bonds is 3. The molecule has 0 unspecified atom stereocenters. The number of fused-ring (bicyclic) bond motifs is 1. The third-order valence-corrected chi connectivity index (χ3v) is 4.36. The maximum atomic E-state index is 12.5. The highest BCUT2D eigenvalue weighted by molar-refractivity contribution is 7.12. The number of benzene rings is 1. The van der Waals surface area contributed by atoms with Gasteiger partial charge in [-0.1, -0.05) is 0 Å². The molecule has 0 spiro atoms. The van der Waals surface area contributed by atoms with Crippen molar-refractivity contribution in [1.82, 2.24) is 25.2 Å². The van der Waals surface area contributed by atoms with Gasteiger partial charge in [-0.15, -0.1) is 16.4 Å². The summed E-state index contributed by atoms with van der Waals surface area (Å²) < 4.78 is 1.48. The van der Waals surface area contributed by atoms with Crippen molar-refractivity contribution in [2.24, 2.45) is 0 Å². The van der Waals surface area contributed by atoms with Crippen molar-refractivity contribution in [2.75, 3.05) is 5.32 Å². The lowest BCUT2D eigenvalue weighted by Gasteiger charge is -2.06. The van der Waals surface area contributed by atoms with Crippen LogP contribution in [0.1, 0.15) is 15.4 Å². The first-order valence-corrected chi connectivity index (χ1v) is 7.80.